The van der Waals surface area contributed by atoms with Crippen molar-refractivity contribution < 1.29 is 35.9 Å². The van der Waals surface area contributed by atoms with Gasteiger partial charge in [0, 0.05) is 16.6 Å². The van der Waals surface area contributed by atoms with Crippen molar-refractivity contribution in [2.24, 2.45) is 0 Å². The summed E-state index contributed by atoms with van der Waals surface area (Å²) in [6, 6.07) is 15.5. The van der Waals surface area contributed by atoms with E-state index in [1.165, 1.54) is 12.1 Å². The van der Waals surface area contributed by atoms with E-state index in [1.807, 2.05) is 0 Å². The number of para-hydroxylation sites is 1. The average molecular weight is 578 g/mol. The first-order valence-corrected chi connectivity index (χ1v) is 12.4. The second-order valence-electron chi connectivity index (χ2n) is 8.38. The highest BCUT2D eigenvalue weighted by Gasteiger charge is 2.31. The molecular weight excluding hydrogens is 562 g/mol. The lowest BCUT2D eigenvalue weighted by atomic mass is 10.2. The van der Waals surface area contributed by atoms with E-state index in [4.69, 9.17) is 0 Å². The van der Waals surface area contributed by atoms with Crippen LogP contribution in [0.15, 0.2) is 82.7 Å². The van der Waals surface area contributed by atoms with Crippen LogP contribution in [-0.2, 0) is 11.0 Å². The van der Waals surface area contributed by atoms with Crippen molar-refractivity contribution >= 4 is 45.3 Å². The topological polar surface area (TPSA) is 89.0 Å². The number of nitrogens with zero attached hydrogens (tertiary/aromatic N) is 2. The number of H-pyrrole nitrogens is 1. The molecule has 2 heterocycles. The molecule has 0 radical (unpaired) electrons. The fourth-order valence-corrected chi connectivity index (χ4v) is 4.74. The first kappa shape index (κ1) is 27.1. The Balaban J connectivity index is 1.47. The lowest BCUT2D eigenvalue weighted by Gasteiger charge is -2.14. The first-order valence-electron chi connectivity index (χ1n) is 11.4. The molecule has 0 aliphatic heterocycles. The number of carbonyl (C=O) groups is 1. The zero-order valence-corrected chi connectivity index (χ0v) is 20.7. The number of thioether (sulfide) groups is 1. The van der Waals surface area contributed by atoms with Crippen LogP contribution in [0.3, 0.4) is 0 Å². The van der Waals surface area contributed by atoms with Crippen LogP contribution in [0.2, 0.25) is 0 Å². The van der Waals surface area contributed by atoms with Gasteiger partial charge >= 0.3 is 12.5 Å². The number of aromatic amines is 1. The van der Waals surface area contributed by atoms with Crippen molar-refractivity contribution in [1.29, 1.82) is 0 Å². The van der Waals surface area contributed by atoms with Gasteiger partial charge in [0.15, 0.2) is 5.16 Å². The van der Waals surface area contributed by atoms with Gasteiger partial charge in [-0.25, -0.2) is 4.98 Å². The lowest BCUT2D eigenvalue weighted by Crippen LogP contribution is -2.23. The highest BCUT2D eigenvalue weighted by molar-refractivity contribution is 7.99. The SMILES string of the molecule is O=C(CSc1nc2c([nH]c3ccccc32)c(=O)n1-c1ccc(OC(F)(F)F)cc1)Nc1ccc(C(F)(F)F)cc1. The van der Waals surface area contributed by atoms with E-state index in [1.54, 1.807) is 24.3 Å². The number of nitrogens with one attached hydrogen (secondary N) is 2. The van der Waals surface area contributed by atoms with Crippen molar-refractivity contribution in [1.82, 2.24) is 14.5 Å². The Labute approximate surface area is 224 Å². The van der Waals surface area contributed by atoms with Crippen molar-refractivity contribution in [2.75, 3.05) is 11.1 Å². The van der Waals surface area contributed by atoms with Crippen molar-refractivity contribution in [3.63, 3.8) is 0 Å². The monoisotopic (exact) mass is 578 g/mol. The van der Waals surface area contributed by atoms with Gasteiger partial charge in [-0.15, -0.1) is 13.2 Å². The van der Waals surface area contributed by atoms with Gasteiger partial charge in [0.1, 0.15) is 16.8 Å². The van der Waals surface area contributed by atoms with Gasteiger partial charge in [-0.1, -0.05) is 30.0 Å². The fourth-order valence-electron chi connectivity index (χ4n) is 3.93. The van der Waals surface area contributed by atoms with Gasteiger partial charge < -0.3 is 15.0 Å². The fraction of sp³-hybridized carbons (Fsp3) is 0.115. The molecule has 2 aromatic heterocycles. The Morgan fingerprint density at radius 1 is 0.950 bits per heavy atom. The number of alkyl halides is 6. The highest BCUT2D eigenvalue weighted by atomic mass is 32.2. The largest absolute Gasteiger partial charge is 0.573 e. The Kier molecular flexibility index (Phi) is 6.96. The van der Waals surface area contributed by atoms with E-state index >= 15 is 0 Å². The van der Waals surface area contributed by atoms with Crippen LogP contribution >= 0.6 is 11.8 Å². The number of amides is 1. The molecule has 1 amide bonds. The number of rotatable bonds is 6. The molecule has 14 heteroatoms. The molecule has 5 aromatic rings. The summed E-state index contributed by atoms with van der Waals surface area (Å²) in [5.41, 5.74) is -0.0164. The van der Waals surface area contributed by atoms with E-state index in [0.717, 1.165) is 52.7 Å². The molecule has 0 saturated carbocycles. The summed E-state index contributed by atoms with van der Waals surface area (Å²) in [5, 5.41) is 3.19. The second-order valence-corrected chi connectivity index (χ2v) is 9.33. The molecule has 3 aromatic carbocycles. The maximum absolute atomic E-state index is 13.6. The molecule has 0 atom stereocenters. The number of anilines is 1. The molecule has 2 N–H and O–H groups in total. The Morgan fingerprint density at radius 2 is 1.62 bits per heavy atom. The molecule has 0 fully saturated rings. The number of benzene rings is 3. The average Bonchev–Trinajstić information content (AvgIpc) is 3.26. The summed E-state index contributed by atoms with van der Waals surface area (Å²) in [5.74, 6) is -1.36. The zero-order valence-electron chi connectivity index (χ0n) is 19.9. The predicted octanol–water partition coefficient (Wildman–Crippen LogP) is 6.52. The van der Waals surface area contributed by atoms with Gasteiger partial charge in [-0.05, 0) is 54.6 Å². The molecule has 0 unspecified atom stereocenters. The number of aromatic nitrogens is 3. The van der Waals surface area contributed by atoms with Crippen molar-refractivity contribution in [2.45, 2.75) is 17.7 Å². The Morgan fingerprint density at radius 3 is 2.27 bits per heavy atom. The summed E-state index contributed by atoms with van der Waals surface area (Å²) in [6.07, 6.45) is -9.42. The van der Waals surface area contributed by atoms with E-state index < -0.39 is 35.3 Å². The molecule has 40 heavy (non-hydrogen) atoms. The number of halogens is 6. The van der Waals surface area contributed by atoms with Crippen LogP contribution < -0.4 is 15.6 Å². The van der Waals surface area contributed by atoms with Crippen LogP contribution in [-0.4, -0.2) is 32.6 Å². The third kappa shape index (κ3) is 5.76. The van der Waals surface area contributed by atoms with Gasteiger partial charge in [-0.3, -0.25) is 14.2 Å². The number of fused-ring (bicyclic) bond motifs is 3. The second kappa shape index (κ2) is 10.3. The van der Waals surface area contributed by atoms with Crippen molar-refractivity contribution in [3.8, 4) is 11.4 Å². The van der Waals surface area contributed by atoms with Crippen LogP contribution in [0.4, 0.5) is 32.0 Å². The summed E-state index contributed by atoms with van der Waals surface area (Å²) < 4.78 is 81.2. The molecule has 0 spiro atoms. The Hall–Kier alpha value is -4.46. The quantitative estimate of drug-likeness (QED) is 0.136. The third-order valence-corrected chi connectivity index (χ3v) is 6.59. The van der Waals surface area contributed by atoms with Crippen molar-refractivity contribution in [3.05, 3.63) is 88.7 Å². The summed E-state index contributed by atoms with van der Waals surface area (Å²) >= 11 is 0.866. The minimum absolute atomic E-state index is 0.0642. The van der Waals surface area contributed by atoms with Crippen LogP contribution in [0.5, 0.6) is 5.75 Å². The van der Waals surface area contributed by atoms with E-state index in [2.05, 4.69) is 20.0 Å². The van der Waals surface area contributed by atoms with E-state index in [-0.39, 0.29) is 27.8 Å². The molecule has 5 rings (SSSR count). The van der Waals surface area contributed by atoms with E-state index in [0.29, 0.717) is 16.4 Å². The molecular formula is C26H16F6N4O3S. The molecule has 206 valence electrons. The van der Waals surface area contributed by atoms with Gasteiger partial charge in [0.05, 0.1) is 17.0 Å². The maximum atomic E-state index is 13.6. The minimum atomic E-state index is -4.90. The molecule has 0 aliphatic rings. The smallest absolute Gasteiger partial charge is 0.406 e. The predicted molar refractivity (Wildman–Crippen MR) is 137 cm³/mol. The molecule has 7 nitrogen and oxygen atoms in total. The summed E-state index contributed by atoms with van der Waals surface area (Å²) in [6.45, 7) is 0. The van der Waals surface area contributed by atoms with Gasteiger partial charge in [0.25, 0.3) is 5.56 Å². The normalized spacial score (nSPS) is 12.2. The first-order chi connectivity index (χ1) is 18.9. The van der Waals surface area contributed by atoms with Crippen LogP contribution in [0, 0.1) is 0 Å². The molecule has 0 bridgehead atoms. The zero-order chi connectivity index (χ0) is 28.7. The standard InChI is InChI=1S/C26H16F6N4O3S/c27-25(28,29)14-5-7-15(8-6-14)33-20(37)13-40-24-35-21-18-3-1-2-4-19(18)34-22(21)23(38)36(24)16-9-11-17(12-10-16)39-26(30,31)32/h1-12,34H,13H2,(H,33,37). The molecule has 0 saturated heterocycles. The van der Waals surface area contributed by atoms with Crippen LogP contribution in [0.25, 0.3) is 27.6 Å². The molecule has 0 aliphatic carbocycles. The summed E-state index contributed by atoms with van der Waals surface area (Å²) in [7, 11) is 0. The van der Waals surface area contributed by atoms with E-state index in [9.17, 15) is 35.9 Å². The van der Waals surface area contributed by atoms with Gasteiger partial charge in [-0.2, -0.15) is 13.2 Å². The highest BCUT2D eigenvalue weighted by Crippen LogP contribution is 2.31. The van der Waals surface area contributed by atoms with Crippen LogP contribution in [0.1, 0.15) is 5.56 Å². The third-order valence-electron chi connectivity index (χ3n) is 5.65. The maximum Gasteiger partial charge on any atom is 0.573 e. The minimum Gasteiger partial charge on any atom is -0.406 e. The number of ether oxygens (including phenoxy) is 1. The Bertz CT molecular complexity index is 1760. The number of carbonyl (C=O) groups excluding carboxylic acids is 1. The number of hydrogen-bond donors (Lipinski definition) is 2. The van der Waals surface area contributed by atoms with Gasteiger partial charge in [0.2, 0.25) is 5.91 Å². The summed E-state index contributed by atoms with van der Waals surface area (Å²) in [4.78, 5) is 33.7. The lowest BCUT2D eigenvalue weighted by molar-refractivity contribution is -0.274. The number of hydrogen-bond acceptors (Lipinski definition) is 5.